The number of nitrogens with one attached hydrogen (secondary N) is 1. The Morgan fingerprint density at radius 1 is 1.22 bits per heavy atom. The van der Waals surface area contributed by atoms with Gasteiger partial charge in [0.2, 0.25) is 0 Å². The van der Waals surface area contributed by atoms with Gasteiger partial charge >= 0.3 is 0 Å². The molecule has 2 fully saturated rings. The van der Waals surface area contributed by atoms with E-state index in [9.17, 15) is 8.60 Å². The Hall–Kier alpha value is -2.78. The average molecular weight is 457 g/mol. The molecule has 1 unspecified atom stereocenters. The molecule has 2 atom stereocenters. The molecule has 5 rings (SSSR count). The van der Waals surface area contributed by atoms with Crippen LogP contribution >= 0.6 is 0 Å². The fourth-order valence-corrected chi connectivity index (χ4v) is 5.60. The van der Waals surface area contributed by atoms with Crippen molar-refractivity contribution in [2.45, 2.75) is 37.5 Å². The molecule has 1 aliphatic carbocycles. The molecule has 1 N–H and O–H groups in total. The summed E-state index contributed by atoms with van der Waals surface area (Å²) in [7, 11) is -2.25. The maximum absolute atomic E-state index is 13.9. The van der Waals surface area contributed by atoms with E-state index in [1.54, 1.807) is 12.3 Å². The highest BCUT2D eigenvalue weighted by Crippen LogP contribution is 2.36. The predicted octanol–water partition coefficient (Wildman–Crippen LogP) is 4.88. The van der Waals surface area contributed by atoms with Crippen molar-refractivity contribution in [1.82, 2.24) is 9.97 Å². The van der Waals surface area contributed by atoms with Crippen molar-refractivity contribution < 1.29 is 18.1 Å². The molecule has 168 valence electrons. The van der Waals surface area contributed by atoms with Gasteiger partial charge in [-0.1, -0.05) is 0 Å². The highest BCUT2D eigenvalue weighted by molar-refractivity contribution is 7.93. The van der Waals surface area contributed by atoms with Crippen LogP contribution in [0.1, 0.15) is 24.8 Å². The van der Waals surface area contributed by atoms with Crippen LogP contribution in [0.15, 0.2) is 41.0 Å². The van der Waals surface area contributed by atoms with Gasteiger partial charge in [0.05, 0.1) is 39.8 Å². The maximum atomic E-state index is 13.9. The Morgan fingerprint density at radius 2 is 2.06 bits per heavy atom. The number of anilines is 2. The monoisotopic (exact) mass is 456 g/mol. The summed E-state index contributed by atoms with van der Waals surface area (Å²) in [6.07, 6.45) is 5.78. The first-order chi connectivity index (χ1) is 15.4. The van der Waals surface area contributed by atoms with Crippen molar-refractivity contribution in [3.8, 4) is 5.75 Å². The summed E-state index contributed by atoms with van der Waals surface area (Å²) in [6, 6.07) is 8.11. The molecule has 32 heavy (non-hydrogen) atoms. The minimum absolute atomic E-state index is 0.110. The van der Waals surface area contributed by atoms with Gasteiger partial charge in [-0.2, -0.15) is 4.36 Å². The number of ether oxygens (including phenoxy) is 2. The number of hydrogen-bond donors (Lipinski definition) is 1. The Bertz CT molecular complexity index is 1300. The summed E-state index contributed by atoms with van der Waals surface area (Å²) in [5, 5.41) is 4.29. The third kappa shape index (κ3) is 4.40. The SMILES string of the molecule is Cc1cc(N=S(C)(=O)C2CC2)cc2ncnc(Nc3ccc(F)cc3O[C@H]3CCOC3)c12. The normalized spacial score (nSPS) is 20.2. The van der Waals surface area contributed by atoms with E-state index in [4.69, 9.17) is 9.47 Å². The number of hydrogen-bond acceptors (Lipinski definition) is 7. The van der Waals surface area contributed by atoms with E-state index < -0.39 is 9.73 Å². The van der Waals surface area contributed by atoms with Crippen molar-refractivity contribution in [3.63, 3.8) is 0 Å². The van der Waals surface area contributed by atoms with Gasteiger partial charge in [-0.15, -0.1) is 0 Å². The number of aryl methyl sites for hydroxylation is 1. The summed E-state index contributed by atoms with van der Waals surface area (Å²) in [5.41, 5.74) is 2.87. The molecule has 1 saturated heterocycles. The molecule has 0 bridgehead atoms. The third-order valence-corrected chi connectivity index (χ3v) is 8.01. The van der Waals surface area contributed by atoms with Gasteiger partial charge in [0, 0.05) is 29.4 Å². The first kappa shape index (κ1) is 21.1. The fraction of sp³-hybridized carbons (Fsp3) is 0.391. The van der Waals surface area contributed by atoms with Crippen molar-refractivity contribution in [2.75, 3.05) is 24.8 Å². The Labute approximate surface area is 186 Å². The van der Waals surface area contributed by atoms with E-state index in [0.29, 0.717) is 41.7 Å². The number of rotatable bonds is 6. The molecular formula is C23H25FN4O3S. The standard InChI is InChI=1S/C23H25FN4O3S/c1-14-9-16(28-32(2,29)18-4-5-18)11-20-22(14)23(26-13-25-20)27-19-6-3-15(24)10-21(19)31-17-7-8-30-12-17/h3,6,9-11,13,17-18H,4-5,7-8,12H2,1-2H3,(H,25,26,27)/t17-,32?/m0/s1. The summed E-state index contributed by atoms with van der Waals surface area (Å²) in [5.74, 6) is 0.613. The summed E-state index contributed by atoms with van der Waals surface area (Å²) in [6.45, 7) is 3.07. The highest BCUT2D eigenvalue weighted by atomic mass is 32.2. The number of aromatic nitrogens is 2. The van der Waals surface area contributed by atoms with Crippen LogP contribution in [0.2, 0.25) is 0 Å². The van der Waals surface area contributed by atoms with Crippen LogP contribution in [-0.4, -0.2) is 45.0 Å². The minimum Gasteiger partial charge on any atom is -0.486 e. The number of nitrogens with zero attached hydrogens (tertiary/aromatic N) is 3. The molecule has 0 spiro atoms. The van der Waals surface area contributed by atoms with Crippen LogP contribution < -0.4 is 10.1 Å². The topological polar surface area (TPSA) is 85.7 Å². The molecule has 3 aromatic rings. The van der Waals surface area contributed by atoms with Crippen molar-refractivity contribution in [3.05, 3.63) is 48.0 Å². The van der Waals surface area contributed by atoms with E-state index in [-0.39, 0.29) is 17.2 Å². The van der Waals surface area contributed by atoms with Gasteiger partial charge in [-0.3, -0.25) is 0 Å². The lowest BCUT2D eigenvalue weighted by atomic mass is 10.1. The van der Waals surface area contributed by atoms with Crippen LogP contribution in [0, 0.1) is 12.7 Å². The largest absolute Gasteiger partial charge is 0.486 e. The van der Waals surface area contributed by atoms with Crippen LogP contribution in [0.3, 0.4) is 0 Å². The summed E-state index contributed by atoms with van der Waals surface area (Å²) >= 11 is 0. The van der Waals surface area contributed by atoms with E-state index in [1.807, 2.05) is 19.1 Å². The zero-order chi connectivity index (χ0) is 22.3. The molecular weight excluding hydrogens is 431 g/mol. The Balaban J connectivity index is 1.51. The van der Waals surface area contributed by atoms with Crippen molar-refractivity contribution in [2.24, 2.45) is 4.36 Å². The molecule has 9 heteroatoms. The second-order valence-corrected chi connectivity index (χ2v) is 11.0. The molecule has 7 nitrogen and oxygen atoms in total. The fourth-order valence-electron chi connectivity index (χ4n) is 3.92. The lowest BCUT2D eigenvalue weighted by Crippen LogP contribution is -2.16. The van der Waals surface area contributed by atoms with Gasteiger partial charge in [0.15, 0.2) is 0 Å². The lowest BCUT2D eigenvalue weighted by Gasteiger charge is -2.17. The molecule has 2 aromatic carbocycles. The van der Waals surface area contributed by atoms with Gasteiger partial charge in [0.1, 0.15) is 29.8 Å². The minimum atomic E-state index is -2.25. The molecule has 2 aliphatic rings. The Kier molecular flexibility index (Phi) is 5.46. The first-order valence-electron chi connectivity index (χ1n) is 10.7. The van der Waals surface area contributed by atoms with Crippen LogP contribution in [0.5, 0.6) is 5.75 Å². The van der Waals surface area contributed by atoms with E-state index in [1.165, 1.54) is 18.5 Å². The highest BCUT2D eigenvalue weighted by Gasteiger charge is 2.30. The van der Waals surface area contributed by atoms with Crippen LogP contribution in [0.25, 0.3) is 10.9 Å². The average Bonchev–Trinajstić information content (AvgIpc) is 3.49. The van der Waals surface area contributed by atoms with Gasteiger partial charge in [0.25, 0.3) is 0 Å². The maximum Gasteiger partial charge on any atom is 0.146 e. The molecule has 1 aliphatic heterocycles. The van der Waals surface area contributed by atoms with E-state index in [2.05, 4.69) is 19.6 Å². The van der Waals surface area contributed by atoms with Crippen LogP contribution in [-0.2, 0) is 14.5 Å². The second-order valence-electron chi connectivity index (χ2n) is 8.40. The second kappa shape index (κ2) is 8.29. The third-order valence-electron chi connectivity index (χ3n) is 5.73. The van der Waals surface area contributed by atoms with Crippen molar-refractivity contribution in [1.29, 1.82) is 0 Å². The quantitative estimate of drug-likeness (QED) is 0.569. The first-order valence-corrected chi connectivity index (χ1v) is 12.6. The van der Waals surface area contributed by atoms with Crippen LogP contribution in [0.4, 0.5) is 21.6 Å². The number of fused-ring (bicyclic) bond motifs is 1. The molecule has 0 amide bonds. The number of halogens is 1. The van der Waals surface area contributed by atoms with Gasteiger partial charge < -0.3 is 14.8 Å². The van der Waals surface area contributed by atoms with E-state index in [0.717, 1.165) is 30.2 Å². The molecule has 1 aromatic heterocycles. The number of benzene rings is 2. The van der Waals surface area contributed by atoms with Gasteiger partial charge in [-0.05, 0) is 49.6 Å². The van der Waals surface area contributed by atoms with Crippen molar-refractivity contribution >= 4 is 37.8 Å². The summed E-state index contributed by atoms with van der Waals surface area (Å²) < 4.78 is 42.6. The zero-order valence-electron chi connectivity index (χ0n) is 18.0. The molecule has 0 radical (unpaired) electrons. The Morgan fingerprint density at radius 3 is 2.81 bits per heavy atom. The lowest BCUT2D eigenvalue weighted by molar-refractivity contribution is 0.141. The smallest absolute Gasteiger partial charge is 0.146 e. The zero-order valence-corrected chi connectivity index (χ0v) is 18.8. The van der Waals surface area contributed by atoms with E-state index >= 15 is 0 Å². The summed E-state index contributed by atoms with van der Waals surface area (Å²) in [4.78, 5) is 8.82. The van der Waals surface area contributed by atoms with Gasteiger partial charge in [-0.25, -0.2) is 18.6 Å². The molecule has 2 heterocycles. The predicted molar refractivity (Wildman–Crippen MR) is 123 cm³/mol. The molecule has 1 saturated carbocycles.